The summed E-state index contributed by atoms with van der Waals surface area (Å²) in [6, 6.07) is 8.29. The van der Waals surface area contributed by atoms with E-state index >= 15 is 0 Å². The van der Waals surface area contributed by atoms with Gasteiger partial charge in [-0.1, -0.05) is 29.8 Å². The number of amides is 4. The minimum absolute atomic E-state index is 0.116. The van der Waals surface area contributed by atoms with Crippen molar-refractivity contribution in [2.24, 2.45) is 5.16 Å². The third kappa shape index (κ3) is 4.16. The predicted octanol–water partition coefficient (Wildman–Crippen LogP) is 1.60. The maximum Gasteiger partial charge on any atom is 0.322 e. The number of rotatable bonds is 5. The van der Waals surface area contributed by atoms with Crippen molar-refractivity contribution in [2.45, 2.75) is 25.9 Å². The van der Waals surface area contributed by atoms with Gasteiger partial charge in [-0.2, -0.15) is 0 Å². The van der Waals surface area contributed by atoms with E-state index in [1.54, 1.807) is 18.3 Å². The Labute approximate surface area is 224 Å². The number of oxime groups is 1. The fourth-order valence-corrected chi connectivity index (χ4v) is 5.57. The van der Waals surface area contributed by atoms with Gasteiger partial charge in [0.2, 0.25) is 0 Å². The summed E-state index contributed by atoms with van der Waals surface area (Å²) < 4.78 is 6.13. The number of piperazine rings is 1. The second-order valence-electron chi connectivity index (χ2n) is 10.2. The second kappa shape index (κ2) is 9.38. The summed E-state index contributed by atoms with van der Waals surface area (Å²) in [7, 11) is 0. The Morgan fingerprint density at radius 1 is 1.15 bits per heavy atom. The van der Waals surface area contributed by atoms with Crippen LogP contribution < -0.4 is 10.6 Å². The summed E-state index contributed by atoms with van der Waals surface area (Å²) in [4.78, 5) is 49.1. The number of nitrogens with one attached hydrogen (secondary N) is 2. The highest BCUT2D eigenvalue weighted by molar-refractivity contribution is 6.08. The Bertz CT molecular complexity index is 1520. The largest absolute Gasteiger partial charge is 0.456 e. The smallest absolute Gasteiger partial charge is 0.322 e. The molecule has 2 saturated heterocycles. The fraction of sp³-hybridized carbons (Fsp3) is 0.370. The number of nitrogens with zero attached hydrogens (tertiary/aromatic N) is 5. The molecule has 39 heavy (non-hydrogen) atoms. The standard InChI is InChI=1S/C27H29N7O5/c1-3-32-6-8-33(9-7-32)23(31-38)18-11-21-20(28-13-18)12-22(39-21)27(25(36)29-26(37)30-27)15-34-14-17-5-4-16(2)10-19(17)24(34)35/h4-5,10-13,38H,3,6-9,14-15H2,1-2H3,(H2,29,30,36,37)/b31-23+/t27-/m0/s1. The van der Waals surface area contributed by atoms with E-state index < -0.39 is 17.5 Å². The lowest BCUT2D eigenvalue weighted by atomic mass is 9.95. The van der Waals surface area contributed by atoms with Crippen molar-refractivity contribution in [3.63, 3.8) is 0 Å². The summed E-state index contributed by atoms with van der Waals surface area (Å²) in [5, 5.41) is 18.3. The van der Waals surface area contributed by atoms with Gasteiger partial charge in [0, 0.05) is 56.1 Å². The summed E-state index contributed by atoms with van der Waals surface area (Å²) in [5.41, 5.74) is 2.15. The first kappa shape index (κ1) is 24.9. The number of likely N-dealkylation sites (N-methyl/N-ethyl adjacent to an activating group) is 1. The number of pyridine rings is 1. The Kier molecular flexibility index (Phi) is 5.98. The molecule has 0 radical (unpaired) electrons. The molecule has 3 aromatic rings. The highest BCUT2D eigenvalue weighted by Crippen LogP contribution is 2.34. The first-order valence-corrected chi connectivity index (χ1v) is 12.9. The number of carbonyl (C=O) groups excluding carboxylic acids is 3. The highest BCUT2D eigenvalue weighted by atomic mass is 16.4. The van der Waals surface area contributed by atoms with Crippen molar-refractivity contribution in [3.05, 3.63) is 64.5 Å². The van der Waals surface area contributed by atoms with E-state index in [1.807, 2.05) is 30.0 Å². The molecule has 4 amide bonds. The zero-order valence-corrected chi connectivity index (χ0v) is 21.7. The first-order valence-electron chi connectivity index (χ1n) is 12.9. The molecule has 0 saturated carbocycles. The second-order valence-corrected chi connectivity index (χ2v) is 10.2. The SMILES string of the molecule is CCN1CCN(/C(=N/O)c2cnc3cc([C@]4(CN5Cc6ccc(C)cc6C5=O)NC(=O)NC4=O)oc3c2)CC1. The molecular weight excluding hydrogens is 502 g/mol. The number of furan rings is 1. The quantitative estimate of drug-likeness (QED) is 0.148. The van der Waals surface area contributed by atoms with E-state index in [1.165, 1.54) is 4.90 Å². The van der Waals surface area contributed by atoms with Crippen LogP contribution in [0.4, 0.5) is 4.79 Å². The minimum atomic E-state index is -1.63. The minimum Gasteiger partial charge on any atom is -0.456 e. The van der Waals surface area contributed by atoms with Gasteiger partial charge in [-0.25, -0.2) is 4.79 Å². The number of urea groups is 1. The number of hydrogen-bond donors (Lipinski definition) is 3. The Hall–Kier alpha value is -4.45. The van der Waals surface area contributed by atoms with E-state index in [0.717, 1.165) is 30.8 Å². The molecule has 0 unspecified atom stereocenters. The number of fused-ring (bicyclic) bond motifs is 2. The molecular formula is C27H29N7O5. The Morgan fingerprint density at radius 2 is 1.95 bits per heavy atom. The molecule has 2 aromatic heterocycles. The molecule has 1 atom stereocenters. The van der Waals surface area contributed by atoms with Gasteiger partial charge in [-0.05, 0) is 31.2 Å². The van der Waals surface area contributed by atoms with E-state index in [9.17, 15) is 19.6 Å². The average Bonchev–Trinajstić information content (AvgIpc) is 3.58. The van der Waals surface area contributed by atoms with Crippen LogP contribution in [0.2, 0.25) is 0 Å². The van der Waals surface area contributed by atoms with E-state index in [4.69, 9.17) is 4.42 Å². The van der Waals surface area contributed by atoms with E-state index in [0.29, 0.717) is 47.7 Å². The zero-order valence-electron chi connectivity index (χ0n) is 21.7. The Balaban J connectivity index is 1.32. The van der Waals surface area contributed by atoms with Crippen LogP contribution in [0.5, 0.6) is 0 Å². The lowest BCUT2D eigenvalue weighted by molar-refractivity contribution is -0.125. The monoisotopic (exact) mass is 531 g/mol. The van der Waals surface area contributed by atoms with Crippen molar-refractivity contribution < 1.29 is 24.0 Å². The molecule has 12 heteroatoms. The summed E-state index contributed by atoms with van der Waals surface area (Å²) in [6.07, 6.45) is 1.59. The van der Waals surface area contributed by atoms with Crippen molar-refractivity contribution in [3.8, 4) is 0 Å². The molecule has 3 N–H and O–H groups in total. The highest BCUT2D eigenvalue weighted by Gasteiger charge is 2.53. The lowest BCUT2D eigenvalue weighted by Gasteiger charge is -2.35. The maximum atomic E-state index is 13.2. The number of aromatic nitrogens is 1. The summed E-state index contributed by atoms with van der Waals surface area (Å²) in [6.45, 7) is 8.29. The third-order valence-electron chi connectivity index (χ3n) is 7.78. The molecule has 3 aliphatic heterocycles. The molecule has 6 rings (SSSR count). The van der Waals surface area contributed by atoms with Crippen LogP contribution in [0.25, 0.3) is 11.1 Å². The van der Waals surface area contributed by atoms with E-state index in [-0.39, 0.29) is 18.2 Å². The van der Waals surface area contributed by atoms with Gasteiger partial charge in [-0.15, -0.1) is 0 Å². The van der Waals surface area contributed by atoms with Gasteiger partial charge >= 0.3 is 6.03 Å². The number of aryl methyl sites for hydroxylation is 1. The van der Waals surface area contributed by atoms with Gasteiger partial charge in [0.15, 0.2) is 17.0 Å². The van der Waals surface area contributed by atoms with Gasteiger partial charge < -0.3 is 29.6 Å². The van der Waals surface area contributed by atoms with Gasteiger partial charge in [0.25, 0.3) is 11.8 Å². The maximum absolute atomic E-state index is 13.2. The van der Waals surface area contributed by atoms with Gasteiger partial charge in [-0.3, -0.25) is 19.9 Å². The van der Waals surface area contributed by atoms with Crippen LogP contribution >= 0.6 is 0 Å². The summed E-state index contributed by atoms with van der Waals surface area (Å²) >= 11 is 0. The predicted molar refractivity (Wildman–Crippen MR) is 140 cm³/mol. The van der Waals surface area contributed by atoms with Crippen LogP contribution in [0.3, 0.4) is 0 Å². The zero-order chi connectivity index (χ0) is 27.3. The normalized spacial score (nSPS) is 22.0. The van der Waals surface area contributed by atoms with Crippen molar-refractivity contribution in [1.29, 1.82) is 0 Å². The molecule has 1 aromatic carbocycles. The molecule has 0 bridgehead atoms. The fourth-order valence-electron chi connectivity index (χ4n) is 5.57. The summed E-state index contributed by atoms with van der Waals surface area (Å²) in [5.74, 6) is -0.288. The number of hydrogen-bond acceptors (Lipinski definition) is 8. The lowest BCUT2D eigenvalue weighted by Crippen LogP contribution is -2.52. The van der Waals surface area contributed by atoms with Crippen LogP contribution in [-0.4, -0.2) is 87.8 Å². The van der Waals surface area contributed by atoms with Crippen LogP contribution in [0, 0.1) is 6.92 Å². The first-order chi connectivity index (χ1) is 18.8. The molecule has 2 fully saturated rings. The molecule has 0 spiro atoms. The Morgan fingerprint density at radius 3 is 2.64 bits per heavy atom. The van der Waals surface area contributed by atoms with E-state index in [2.05, 4.69) is 32.6 Å². The molecule has 0 aliphatic carbocycles. The van der Waals surface area contributed by atoms with Crippen molar-refractivity contribution in [1.82, 2.24) is 30.3 Å². The van der Waals surface area contributed by atoms with Crippen LogP contribution in [0.15, 0.2) is 46.1 Å². The number of benzene rings is 1. The van der Waals surface area contributed by atoms with Gasteiger partial charge in [0.1, 0.15) is 11.3 Å². The molecule has 202 valence electrons. The molecule has 3 aliphatic rings. The number of carbonyl (C=O) groups is 3. The van der Waals surface area contributed by atoms with Crippen molar-refractivity contribution in [2.75, 3.05) is 39.3 Å². The topological polar surface area (TPSA) is 144 Å². The average molecular weight is 532 g/mol. The number of amidine groups is 1. The molecule has 12 nitrogen and oxygen atoms in total. The van der Waals surface area contributed by atoms with Gasteiger partial charge in [0.05, 0.1) is 6.54 Å². The van der Waals surface area contributed by atoms with Crippen LogP contribution in [-0.2, 0) is 16.9 Å². The van der Waals surface area contributed by atoms with Crippen LogP contribution in [0.1, 0.15) is 39.7 Å². The van der Waals surface area contributed by atoms with Crippen molar-refractivity contribution >= 4 is 34.8 Å². The third-order valence-corrected chi connectivity index (χ3v) is 7.78. The number of imide groups is 1. The molecule has 5 heterocycles.